The smallest absolute Gasteiger partial charge is 0.301 e. The lowest BCUT2D eigenvalue weighted by atomic mass is 9.94. The van der Waals surface area contributed by atoms with Gasteiger partial charge in [-0.05, 0) is 73.0 Å². The number of aliphatic hydroxyl groups is 1. The quantitative estimate of drug-likeness (QED) is 0.0413. The summed E-state index contributed by atoms with van der Waals surface area (Å²) < 4.78 is 18.0. The number of nitrogens with zero attached hydrogens (tertiary/aromatic N) is 3. The van der Waals surface area contributed by atoms with Crippen LogP contribution in [0.2, 0.25) is 10.0 Å². The van der Waals surface area contributed by atoms with Crippen LogP contribution in [-0.2, 0) is 21.8 Å². The van der Waals surface area contributed by atoms with Gasteiger partial charge in [0.25, 0.3) is 5.78 Å². The highest BCUT2D eigenvalue weighted by Gasteiger charge is 2.48. The number of aliphatic hydroxyl groups excluding tert-OH is 1. The van der Waals surface area contributed by atoms with Gasteiger partial charge in [-0.25, -0.2) is 0 Å². The third-order valence-electron chi connectivity index (χ3n) is 7.52. The van der Waals surface area contributed by atoms with Crippen molar-refractivity contribution in [3.05, 3.63) is 105 Å². The Hall–Kier alpha value is -4.03. The third kappa shape index (κ3) is 6.71. The van der Waals surface area contributed by atoms with Crippen LogP contribution < -0.4 is 19.1 Å². The predicted octanol–water partition coefficient (Wildman–Crippen LogP) is 8.05. The van der Waals surface area contributed by atoms with Crippen molar-refractivity contribution >= 4 is 68.9 Å². The summed E-state index contributed by atoms with van der Waals surface area (Å²) >= 11 is 14.9. The van der Waals surface area contributed by atoms with Crippen LogP contribution in [0.4, 0.5) is 5.13 Å². The van der Waals surface area contributed by atoms with Gasteiger partial charge in [0.1, 0.15) is 24.2 Å². The van der Waals surface area contributed by atoms with Gasteiger partial charge >= 0.3 is 5.91 Å². The topological polar surface area (TPSA) is 111 Å². The molecule has 1 fully saturated rings. The van der Waals surface area contributed by atoms with Crippen LogP contribution in [0.3, 0.4) is 0 Å². The second-order valence-electron chi connectivity index (χ2n) is 10.7. The van der Waals surface area contributed by atoms with Crippen LogP contribution in [0.25, 0.3) is 5.76 Å². The molecule has 3 heterocycles. The van der Waals surface area contributed by atoms with E-state index in [-0.39, 0.29) is 29.2 Å². The summed E-state index contributed by atoms with van der Waals surface area (Å²) in [5.41, 5.74) is 2.58. The van der Waals surface area contributed by atoms with E-state index in [1.165, 1.54) is 16.7 Å². The lowest BCUT2D eigenvalue weighted by molar-refractivity contribution is -0.132. The first-order valence-electron chi connectivity index (χ1n) is 14.7. The van der Waals surface area contributed by atoms with E-state index in [4.69, 9.17) is 37.4 Å². The summed E-state index contributed by atoms with van der Waals surface area (Å²) in [4.78, 5) is 28.9. The number of carbonyl (C=O) groups is 2. The number of benzene rings is 3. The van der Waals surface area contributed by atoms with E-state index in [9.17, 15) is 14.7 Å². The molecule has 1 saturated heterocycles. The number of Topliss-reactive ketones (excluding diaryl/α,β-unsaturated/α-hetero) is 1. The molecule has 2 atom stereocenters. The zero-order chi connectivity index (χ0) is 33.2. The molecule has 0 aliphatic carbocycles. The van der Waals surface area contributed by atoms with Gasteiger partial charge in [-0.15, -0.1) is 10.2 Å². The fraction of sp³-hybridized carbons (Fsp3) is 0.235. The minimum Gasteiger partial charge on any atom is -0.507 e. The number of aromatic nitrogens is 2. The van der Waals surface area contributed by atoms with Gasteiger partial charge < -0.3 is 19.3 Å². The number of amides is 1. The van der Waals surface area contributed by atoms with Crippen molar-refractivity contribution in [2.24, 2.45) is 0 Å². The van der Waals surface area contributed by atoms with Crippen LogP contribution in [0, 0.1) is 0 Å². The van der Waals surface area contributed by atoms with Gasteiger partial charge in [-0.2, -0.15) is 0 Å². The number of hydrogen-bond acceptors (Lipinski definition) is 10. The Balaban J connectivity index is 1.42. The van der Waals surface area contributed by atoms with Crippen LogP contribution >= 0.6 is 46.3 Å². The van der Waals surface area contributed by atoms with Crippen molar-refractivity contribution in [1.82, 2.24) is 10.2 Å². The summed E-state index contributed by atoms with van der Waals surface area (Å²) in [7, 11) is 0. The number of carbonyl (C=O) groups excluding carboxylic acids is 2. The van der Waals surface area contributed by atoms with E-state index < -0.39 is 17.7 Å². The normalized spacial score (nSPS) is 18.3. The Morgan fingerprint density at radius 2 is 1.96 bits per heavy atom. The second-order valence-corrected chi connectivity index (χ2v) is 13.8. The maximum atomic E-state index is 13.8. The van der Waals surface area contributed by atoms with Crippen molar-refractivity contribution in [2.45, 2.75) is 42.5 Å². The monoisotopic (exact) mass is 709 g/mol. The van der Waals surface area contributed by atoms with Crippen molar-refractivity contribution in [3.63, 3.8) is 0 Å². The predicted molar refractivity (Wildman–Crippen MR) is 184 cm³/mol. The Morgan fingerprint density at radius 3 is 2.72 bits per heavy atom. The summed E-state index contributed by atoms with van der Waals surface area (Å²) in [6.07, 6.45) is 2.27. The summed E-state index contributed by atoms with van der Waals surface area (Å²) in [5.74, 6) is 0.0938. The van der Waals surface area contributed by atoms with E-state index >= 15 is 0 Å². The van der Waals surface area contributed by atoms with Crippen molar-refractivity contribution in [1.29, 1.82) is 0 Å². The molecular weight excluding hydrogens is 681 g/mol. The molecule has 9 nitrogen and oxygen atoms in total. The zero-order valence-corrected chi connectivity index (χ0v) is 28.5. The van der Waals surface area contributed by atoms with Crippen LogP contribution in [0.15, 0.2) is 77.2 Å². The molecule has 4 aromatic rings. The summed E-state index contributed by atoms with van der Waals surface area (Å²) in [6.45, 7) is 8.10. The largest absolute Gasteiger partial charge is 0.507 e. The first kappa shape index (κ1) is 32.9. The highest BCUT2D eigenvalue weighted by molar-refractivity contribution is 8.00. The van der Waals surface area contributed by atoms with E-state index in [1.807, 2.05) is 19.9 Å². The van der Waals surface area contributed by atoms with Crippen LogP contribution in [-0.4, -0.2) is 46.3 Å². The SMILES string of the molecule is C=CCOc1ccc(C2/C(=C(/O)c3ccc4c(c3)CC(C)O4)C(=O)C(=O)N2c2nnc(SCc3ccc(Cl)cc3Cl)s2)cc1OCC. The average Bonchev–Trinajstić information content (AvgIpc) is 3.74. The van der Waals surface area contributed by atoms with E-state index in [1.54, 1.807) is 54.6 Å². The van der Waals surface area contributed by atoms with Crippen LogP contribution in [0.1, 0.15) is 42.1 Å². The molecule has 2 aliphatic heterocycles. The molecule has 1 amide bonds. The van der Waals surface area contributed by atoms with Gasteiger partial charge in [0.15, 0.2) is 15.8 Å². The number of thioether (sulfide) groups is 1. The second kappa shape index (κ2) is 14.0. The molecule has 3 aromatic carbocycles. The first-order valence-corrected chi connectivity index (χ1v) is 17.3. The molecule has 6 rings (SSSR count). The standard InChI is InChI=1S/C34H29Cl2N3O6S2/c1-4-12-44-26-11-7-19(15-27(26)43-5-2)29-28(30(40)20-8-10-25-22(14-20)13-18(3)45-25)31(41)32(42)39(29)33-37-38-34(47-33)46-17-21-6-9-23(35)16-24(21)36/h4,6-11,14-16,18,29,40H,1,5,12-13,17H2,2-3H3/b30-28-. The molecule has 13 heteroatoms. The Labute approximate surface area is 289 Å². The lowest BCUT2D eigenvalue weighted by Crippen LogP contribution is -2.29. The molecule has 0 saturated carbocycles. The maximum absolute atomic E-state index is 13.8. The van der Waals surface area contributed by atoms with Crippen molar-refractivity contribution < 1.29 is 28.9 Å². The molecule has 1 N–H and O–H groups in total. The van der Waals surface area contributed by atoms with E-state index in [0.717, 1.165) is 28.2 Å². The lowest BCUT2D eigenvalue weighted by Gasteiger charge is -2.23. The number of halogens is 2. The van der Waals surface area contributed by atoms with Crippen molar-refractivity contribution in [3.8, 4) is 17.2 Å². The fourth-order valence-electron chi connectivity index (χ4n) is 5.44. The highest BCUT2D eigenvalue weighted by Crippen LogP contribution is 2.46. The minimum absolute atomic E-state index is 0.00743. The molecule has 0 bridgehead atoms. The fourth-order valence-corrected chi connectivity index (χ4v) is 7.86. The van der Waals surface area contributed by atoms with Gasteiger partial charge in [-0.1, -0.05) is 71.1 Å². The number of fused-ring (bicyclic) bond motifs is 1. The molecule has 2 aliphatic rings. The Morgan fingerprint density at radius 1 is 1.13 bits per heavy atom. The third-order valence-corrected chi connectivity index (χ3v) is 10.2. The van der Waals surface area contributed by atoms with Gasteiger partial charge in [0.05, 0.1) is 18.2 Å². The zero-order valence-electron chi connectivity index (χ0n) is 25.4. The van der Waals surface area contributed by atoms with Gasteiger partial charge in [0, 0.05) is 27.8 Å². The molecule has 1 aromatic heterocycles. The molecule has 242 valence electrons. The number of ketones is 1. The highest BCUT2D eigenvalue weighted by atomic mass is 35.5. The van der Waals surface area contributed by atoms with E-state index in [0.29, 0.717) is 55.8 Å². The Bertz CT molecular complexity index is 1910. The van der Waals surface area contributed by atoms with Crippen molar-refractivity contribution in [2.75, 3.05) is 18.1 Å². The number of hydrogen-bond donors (Lipinski definition) is 1. The summed E-state index contributed by atoms with van der Waals surface area (Å²) in [5, 5.41) is 21.6. The van der Waals surface area contributed by atoms with Gasteiger partial charge in [0.2, 0.25) is 5.13 Å². The molecule has 0 spiro atoms. The molecule has 47 heavy (non-hydrogen) atoms. The maximum Gasteiger partial charge on any atom is 0.301 e. The van der Waals surface area contributed by atoms with E-state index in [2.05, 4.69) is 16.8 Å². The average molecular weight is 711 g/mol. The number of ether oxygens (including phenoxy) is 3. The van der Waals surface area contributed by atoms with Crippen LogP contribution in [0.5, 0.6) is 17.2 Å². The molecule has 2 unspecified atom stereocenters. The number of rotatable bonds is 11. The minimum atomic E-state index is -1.04. The Kier molecular flexibility index (Phi) is 9.79. The number of anilines is 1. The molecule has 0 radical (unpaired) electrons. The summed E-state index contributed by atoms with van der Waals surface area (Å²) in [6, 6.07) is 14.6. The first-order chi connectivity index (χ1) is 22.7. The molecular formula is C34H29Cl2N3O6S2. The van der Waals surface area contributed by atoms with Gasteiger partial charge in [-0.3, -0.25) is 14.5 Å².